The molecule has 12 spiro atoms. The maximum absolute atomic E-state index is 4.16. The fraction of sp³-hybridized carbons (Fsp3) is 1.00. The van der Waals surface area contributed by atoms with Crippen LogP contribution in [0.4, 0.5) is 0 Å². The van der Waals surface area contributed by atoms with E-state index in [4.69, 9.17) is 0 Å². The van der Waals surface area contributed by atoms with Crippen LogP contribution in [0.1, 0.15) is 25.7 Å². The zero-order chi connectivity index (χ0) is 26.4. The molecule has 40 atom stereocenters. The minimum absolute atomic E-state index is 0.955. The molecular formula is C45H39N. The number of nitrogens with one attached hydrogen (secondary N) is 1. The summed E-state index contributed by atoms with van der Waals surface area (Å²) in [6.07, 6.45) is 6.97. The highest BCUT2D eigenvalue weighted by Gasteiger charge is 3.38. The minimum Gasteiger partial charge on any atom is -0.313 e. The average Bonchev–Trinajstić information content (AvgIpc) is 2.92. The smallest absolute Gasteiger partial charge is 0.0145 e. The summed E-state index contributed by atoms with van der Waals surface area (Å²) in [6.45, 7) is 1.48. The molecule has 0 aromatic carbocycles. The van der Waals surface area contributed by atoms with Crippen molar-refractivity contribution in [2.75, 3.05) is 6.54 Å². The van der Waals surface area contributed by atoms with Gasteiger partial charge in [-0.1, -0.05) is 0 Å². The normalized spacial score (nSPS) is 119. The Morgan fingerprint density at radius 2 is 0.630 bits per heavy atom. The molecule has 1 heterocycles. The molecule has 46 heavy (non-hydrogen) atoms. The highest BCUT2D eigenvalue weighted by molar-refractivity contribution is 5.83. The molecule has 40 unspecified atom stereocenters. The van der Waals surface area contributed by atoms with Gasteiger partial charge in [-0.3, -0.25) is 0 Å². The fourth-order valence-electron chi connectivity index (χ4n) is 39.9. The Labute approximate surface area is 267 Å². The minimum atomic E-state index is 0.955. The van der Waals surface area contributed by atoms with Gasteiger partial charge in [-0.2, -0.15) is 0 Å². The summed E-state index contributed by atoms with van der Waals surface area (Å²) in [5, 5.41) is 4.16. The highest BCUT2D eigenvalue weighted by Crippen LogP contribution is 3.40. The van der Waals surface area contributed by atoms with Crippen LogP contribution in [0.2, 0.25) is 0 Å². The number of fused-ring (bicyclic) bond motifs is 20. The van der Waals surface area contributed by atoms with Gasteiger partial charge >= 0.3 is 0 Å². The van der Waals surface area contributed by atoms with Crippen molar-refractivity contribution in [1.82, 2.24) is 5.32 Å². The third kappa shape index (κ3) is 0.586. The predicted octanol–water partition coefficient (Wildman–Crippen LogP) is 4.35. The van der Waals surface area contributed by atoms with Gasteiger partial charge in [0.15, 0.2) is 0 Å². The van der Waals surface area contributed by atoms with Crippen molar-refractivity contribution in [3.05, 3.63) is 0 Å². The summed E-state index contributed by atoms with van der Waals surface area (Å²) in [5.74, 6) is 36.0. The van der Waals surface area contributed by atoms with Crippen molar-refractivity contribution in [3.8, 4) is 0 Å². The lowest BCUT2D eigenvalue weighted by Crippen LogP contribution is -3.36. The molecule has 28 aliphatic rings. The van der Waals surface area contributed by atoms with E-state index < -0.39 is 0 Å². The molecule has 2 bridgehead atoms. The predicted molar refractivity (Wildman–Crippen MR) is 154 cm³/mol. The van der Waals surface area contributed by atoms with Gasteiger partial charge in [0.1, 0.15) is 0 Å². The summed E-state index contributed by atoms with van der Waals surface area (Å²) >= 11 is 0. The van der Waals surface area contributed by atoms with Crippen LogP contribution < -0.4 is 5.32 Å². The van der Waals surface area contributed by atoms with E-state index in [-0.39, 0.29) is 0 Å². The molecule has 1 N–H and O–H groups in total. The molecule has 0 aromatic heterocycles. The standard InChI is InChI=1S/C45H39N/c1-6-2-11-14-18-22-26-31-32-28-24-20-16-10-4-7-3-9-15-19-23-27-30-29-25-21-17-13-8(1)33-12(5-46-33)35(6,11)36(13,14)38(17,18)40(21,22)42(25,26)44(29,31)45(30,32)43(27,28)41(23,24)39(19,20)37(15,16)34(7,9)10/h6-33,46H,1-5H2. The molecule has 1 aliphatic heterocycles. The van der Waals surface area contributed by atoms with Gasteiger partial charge in [0, 0.05) is 12.6 Å². The number of rotatable bonds is 0. The molecule has 0 amide bonds. The van der Waals surface area contributed by atoms with Gasteiger partial charge < -0.3 is 5.32 Å². The van der Waals surface area contributed by atoms with E-state index >= 15 is 0 Å². The Bertz CT molecular complexity index is 2390. The molecule has 0 aromatic rings. The van der Waals surface area contributed by atoms with E-state index in [0.717, 1.165) is 71.0 Å². The topological polar surface area (TPSA) is 12.0 Å². The third-order valence-electron chi connectivity index (χ3n) is 34.3. The summed E-state index contributed by atoms with van der Waals surface area (Å²) < 4.78 is 0. The van der Waals surface area contributed by atoms with E-state index in [9.17, 15) is 0 Å². The van der Waals surface area contributed by atoms with Gasteiger partial charge in [0.25, 0.3) is 0 Å². The summed E-state index contributed by atoms with van der Waals surface area (Å²) in [7, 11) is 0. The van der Waals surface area contributed by atoms with Gasteiger partial charge in [-0.05, 0) is 250 Å². The van der Waals surface area contributed by atoms with Gasteiger partial charge in [0.2, 0.25) is 0 Å². The lowest BCUT2D eigenvalue weighted by Gasteiger charge is -3.38. The van der Waals surface area contributed by atoms with Crippen molar-refractivity contribution < 1.29 is 0 Å². The lowest BCUT2D eigenvalue weighted by molar-refractivity contribution is -0.930. The van der Waals surface area contributed by atoms with Crippen molar-refractivity contribution in [1.29, 1.82) is 0 Å². The molecule has 27 saturated carbocycles. The molecule has 1 heteroatoms. The molecular weight excluding hydrogens is 555 g/mol. The second kappa shape index (κ2) is 3.31. The summed E-state index contributed by atoms with van der Waals surface area (Å²) in [6, 6.07) is 1.02. The Kier molecular flexibility index (Phi) is 1.29. The van der Waals surface area contributed by atoms with Crippen LogP contribution in [0, 0.1) is 225 Å². The van der Waals surface area contributed by atoms with Crippen molar-refractivity contribution in [2.45, 2.75) is 31.7 Å². The molecule has 28 fully saturated rings. The van der Waals surface area contributed by atoms with Crippen LogP contribution in [-0.4, -0.2) is 12.6 Å². The van der Waals surface area contributed by atoms with E-state index in [1.807, 2.05) is 0 Å². The van der Waals surface area contributed by atoms with Crippen molar-refractivity contribution >= 4 is 0 Å². The maximum atomic E-state index is 4.16. The Balaban J connectivity index is 0.720. The zero-order valence-corrected chi connectivity index (χ0v) is 26.2. The number of hydrogen-bond donors (Lipinski definition) is 1. The first-order chi connectivity index (χ1) is 22.8. The van der Waals surface area contributed by atoms with Gasteiger partial charge in [0.05, 0.1) is 0 Å². The molecule has 1 saturated heterocycles. The highest BCUT2D eigenvalue weighted by atomic mass is 15.4. The molecule has 27 aliphatic carbocycles. The monoisotopic (exact) mass is 593 g/mol. The number of hydrogen-bond acceptors (Lipinski definition) is 1. The van der Waals surface area contributed by atoms with E-state index in [2.05, 4.69) is 5.32 Å². The molecule has 28 rings (SSSR count). The fourth-order valence-corrected chi connectivity index (χ4v) is 39.9. The van der Waals surface area contributed by atoms with Crippen LogP contribution in [0.25, 0.3) is 0 Å². The van der Waals surface area contributed by atoms with E-state index in [0.29, 0.717) is 0 Å². The zero-order valence-electron chi connectivity index (χ0n) is 26.2. The first-order valence-corrected chi connectivity index (χ1v) is 22.6. The van der Waals surface area contributed by atoms with Crippen LogP contribution in [0.15, 0.2) is 0 Å². The largest absolute Gasteiger partial charge is 0.313 e. The SMILES string of the molecule is C1C2C3NCC3C34C1CC3C1C3C5C6C7C8C9C%10C%11C%12C%13CC%14CC%15C%16C%17C%18C%19C%20C%21C%22C%23C%24C2C14C%243C%235C%226C%217C%208C%199C%18%10C%17%11C%16%12C%14%15%13. The first kappa shape index (κ1) is 17.9. The van der Waals surface area contributed by atoms with Crippen LogP contribution in [0.3, 0.4) is 0 Å². The summed E-state index contributed by atoms with van der Waals surface area (Å²) in [5.41, 5.74) is 12.7. The summed E-state index contributed by atoms with van der Waals surface area (Å²) in [4.78, 5) is 0. The second-order valence-corrected chi connectivity index (χ2v) is 27.4. The first-order valence-electron chi connectivity index (χ1n) is 22.6. The van der Waals surface area contributed by atoms with Crippen molar-refractivity contribution in [3.63, 3.8) is 0 Å². The lowest BCUT2D eigenvalue weighted by atomic mass is 8.65. The quantitative estimate of drug-likeness (QED) is 0.441. The molecule has 0 radical (unpaired) electrons. The van der Waals surface area contributed by atoms with E-state index in [1.54, 1.807) is 25.7 Å². The Morgan fingerprint density at radius 1 is 0.304 bits per heavy atom. The van der Waals surface area contributed by atoms with Gasteiger partial charge in [-0.25, -0.2) is 0 Å². The maximum Gasteiger partial charge on any atom is 0.0145 e. The van der Waals surface area contributed by atoms with E-state index in [1.165, 1.54) is 166 Å². The van der Waals surface area contributed by atoms with Crippen LogP contribution >= 0.6 is 0 Å². The van der Waals surface area contributed by atoms with Crippen molar-refractivity contribution in [2.24, 2.45) is 225 Å². The third-order valence-corrected chi connectivity index (χ3v) is 34.3. The molecule has 1 nitrogen and oxygen atoms in total. The van der Waals surface area contributed by atoms with Gasteiger partial charge in [-0.15, -0.1) is 0 Å². The van der Waals surface area contributed by atoms with Crippen LogP contribution in [-0.2, 0) is 0 Å². The Hall–Kier alpha value is -0.0400. The Morgan fingerprint density at radius 3 is 1.02 bits per heavy atom. The average molecular weight is 594 g/mol. The second-order valence-electron chi connectivity index (χ2n) is 27.4. The molecule has 224 valence electrons. The van der Waals surface area contributed by atoms with Crippen LogP contribution in [0.5, 0.6) is 0 Å².